The number of pyridine rings is 1. The van der Waals surface area contributed by atoms with Crippen LogP contribution in [0.1, 0.15) is 60.8 Å². The average Bonchev–Trinajstić information content (AvgIpc) is 3.41. The Morgan fingerprint density at radius 2 is 1.74 bits per heavy atom. The second kappa shape index (κ2) is 11.4. The number of aromatic nitrogens is 1. The predicted octanol–water partition coefficient (Wildman–Crippen LogP) is 7.25. The summed E-state index contributed by atoms with van der Waals surface area (Å²) in [7, 11) is 0. The molecule has 0 spiro atoms. The van der Waals surface area contributed by atoms with Crippen LogP contribution in [0.2, 0.25) is 0 Å². The molecule has 1 aliphatic rings. The number of carbonyl (C=O) groups is 2. The fourth-order valence-corrected chi connectivity index (χ4v) is 5.23. The molecule has 1 amide bonds. The molecule has 1 aromatic heterocycles. The lowest BCUT2D eigenvalue weighted by molar-refractivity contribution is -0.141. The number of hydrogen-bond acceptors (Lipinski definition) is 3. The van der Waals surface area contributed by atoms with E-state index in [1.54, 1.807) is 19.1 Å². The number of carboxylic acid groups (broad SMARTS) is 1. The first-order valence-electron chi connectivity index (χ1n) is 12.8. The Balaban J connectivity index is 1.59. The van der Waals surface area contributed by atoms with Crippen molar-refractivity contribution in [1.82, 2.24) is 4.98 Å². The lowest BCUT2D eigenvalue weighted by Gasteiger charge is -2.24. The highest BCUT2D eigenvalue weighted by molar-refractivity contribution is 5.97. The van der Waals surface area contributed by atoms with E-state index < -0.39 is 29.5 Å². The normalized spacial score (nSPS) is 15.7. The summed E-state index contributed by atoms with van der Waals surface area (Å²) in [6, 6.07) is 13.7. The van der Waals surface area contributed by atoms with Crippen molar-refractivity contribution in [1.29, 1.82) is 0 Å². The van der Waals surface area contributed by atoms with E-state index in [0.717, 1.165) is 54.6 Å². The largest absolute Gasteiger partial charge is 0.481 e. The van der Waals surface area contributed by atoms with Gasteiger partial charge in [0.05, 0.1) is 17.4 Å². The van der Waals surface area contributed by atoms with E-state index >= 15 is 0 Å². The molecule has 8 heteroatoms. The molecule has 1 aliphatic carbocycles. The lowest BCUT2D eigenvalue weighted by Crippen LogP contribution is -2.27. The Morgan fingerprint density at radius 1 is 1.05 bits per heavy atom. The van der Waals surface area contributed by atoms with Gasteiger partial charge in [-0.3, -0.25) is 14.6 Å². The molecule has 2 N–H and O–H groups in total. The number of nitrogens with zero attached hydrogens (tertiary/aromatic N) is 1. The van der Waals surface area contributed by atoms with Crippen molar-refractivity contribution < 1.29 is 27.9 Å². The van der Waals surface area contributed by atoms with Crippen LogP contribution in [-0.2, 0) is 22.2 Å². The summed E-state index contributed by atoms with van der Waals surface area (Å²) in [6.07, 6.45) is 2.02. The maximum absolute atomic E-state index is 13.7. The zero-order valence-electron chi connectivity index (χ0n) is 21.4. The van der Waals surface area contributed by atoms with E-state index in [0.29, 0.717) is 23.2 Å². The summed E-state index contributed by atoms with van der Waals surface area (Å²) in [4.78, 5) is 28.7. The number of aliphatic carboxylic acids is 1. The van der Waals surface area contributed by atoms with Gasteiger partial charge in [0, 0.05) is 23.6 Å². The highest BCUT2D eigenvalue weighted by atomic mass is 19.4. The van der Waals surface area contributed by atoms with Gasteiger partial charge in [-0.15, -0.1) is 0 Å². The van der Waals surface area contributed by atoms with Crippen molar-refractivity contribution >= 4 is 17.6 Å². The first-order chi connectivity index (χ1) is 18.0. The molecular weight excluding hydrogens is 493 g/mol. The molecule has 0 unspecified atom stereocenters. The number of anilines is 1. The number of benzene rings is 2. The maximum atomic E-state index is 13.7. The van der Waals surface area contributed by atoms with Crippen molar-refractivity contribution in [2.45, 2.75) is 58.0 Å². The number of nitrogens with one attached hydrogen (secondary N) is 1. The molecule has 0 saturated heterocycles. The second-order valence-corrected chi connectivity index (χ2v) is 10.1. The smallest absolute Gasteiger partial charge is 0.417 e. The third kappa shape index (κ3) is 6.23. The van der Waals surface area contributed by atoms with Gasteiger partial charge in [0.2, 0.25) is 5.91 Å². The summed E-state index contributed by atoms with van der Waals surface area (Å²) in [6.45, 7) is 3.53. The predicted molar refractivity (Wildman–Crippen MR) is 140 cm³/mol. The minimum absolute atomic E-state index is 0.142. The van der Waals surface area contributed by atoms with Gasteiger partial charge in [0.15, 0.2) is 0 Å². The Kier molecular flexibility index (Phi) is 8.19. The molecule has 1 saturated carbocycles. The summed E-state index contributed by atoms with van der Waals surface area (Å²) < 4.78 is 39.4. The van der Waals surface area contributed by atoms with Crippen LogP contribution in [0.25, 0.3) is 11.1 Å². The van der Waals surface area contributed by atoms with Crippen molar-refractivity contribution in [2.24, 2.45) is 11.8 Å². The van der Waals surface area contributed by atoms with Gasteiger partial charge < -0.3 is 10.4 Å². The maximum Gasteiger partial charge on any atom is 0.417 e. The number of rotatable bonds is 8. The summed E-state index contributed by atoms with van der Waals surface area (Å²) >= 11 is 0. The molecule has 4 rings (SSSR count). The quantitative estimate of drug-likeness (QED) is 0.325. The third-order valence-corrected chi connectivity index (χ3v) is 7.47. The summed E-state index contributed by atoms with van der Waals surface area (Å²) in [5, 5.41) is 12.4. The molecule has 1 heterocycles. The van der Waals surface area contributed by atoms with Crippen LogP contribution in [-0.4, -0.2) is 22.0 Å². The number of halogens is 3. The zero-order valence-corrected chi connectivity index (χ0v) is 21.4. The topological polar surface area (TPSA) is 79.3 Å². The average molecular weight is 525 g/mol. The Morgan fingerprint density at radius 3 is 2.37 bits per heavy atom. The molecule has 0 aliphatic heterocycles. The van der Waals surface area contributed by atoms with Gasteiger partial charge in [0.25, 0.3) is 0 Å². The SMILES string of the molecule is Cc1c(C[C@H](C)C(=O)O)cccc1NC(=O)[C@H](c1ccc(-c2cncc(C(F)(F)F)c2)cc1)C1CCCC1. The lowest BCUT2D eigenvalue weighted by atomic mass is 9.83. The van der Waals surface area contributed by atoms with Gasteiger partial charge in [-0.05, 0) is 66.5 Å². The minimum Gasteiger partial charge on any atom is -0.481 e. The molecule has 0 radical (unpaired) electrons. The van der Waals surface area contributed by atoms with Gasteiger partial charge >= 0.3 is 12.1 Å². The number of amides is 1. The van der Waals surface area contributed by atoms with Crippen LogP contribution in [0.3, 0.4) is 0 Å². The number of hydrogen-bond donors (Lipinski definition) is 2. The fraction of sp³-hybridized carbons (Fsp3) is 0.367. The van der Waals surface area contributed by atoms with E-state index in [-0.39, 0.29) is 11.8 Å². The second-order valence-electron chi connectivity index (χ2n) is 10.1. The highest BCUT2D eigenvalue weighted by Gasteiger charge is 2.33. The van der Waals surface area contributed by atoms with Gasteiger partial charge in [-0.1, -0.05) is 56.2 Å². The first-order valence-corrected chi connectivity index (χ1v) is 12.8. The zero-order chi connectivity index (χ0) is 27.4. The molecule has 0 bridgehead atoms. The number of alkyl halides is 3. The van der Waals surface area contributed by atoms with E-state index in [1.807, 2.05) is 37.3 Å². The van der Waals surface area contributed by atoms with Crippen LogP contribution in [0.15, 0.2) is 60.9 Å². The number of carboxylic acids is 1. The van der Waals surface area contributed by atoms with E-state index in [1.165, 1.54) is 6.20 Å². The fourth-order valence-electron chi connectivity index (χ4n) is 5.23. The molecule has 3 aromatic rings. The van der Waals surface area contributed by atoms with E-state index in [9.17, 15) is 27.9 Å². The van der Waals surface area contributed by atoms with Crippen LogP contribution >= 0.6 is 0 Å². The minimum atomic E-state index is -4.48. The van der Waals surface area contributed by atoms with Gasteiger partial charge in [-0.25, -0.2) is 0 Å². The molecule has 2 aromatic carbocycles. The van der Waals surface area contributed by atoms with Crippen molar-refractivity contribution in [3.8, 4) is 11.1 Å². The van der Waals surface area contributed by atoms with Crippen LogP contribution in [0, 0.1) is 18.8 Å². The Bertz CT molecular complexity index is 1300. The van der Waals surface area contributed by atoms with Crippen molar-refractivity contribution in [3.63, 3.8) is 0 Å². The molecule has 200 valence electrons. The van der Waals surface area contributed by atoms with Crippen molar-refractivity contribution in [3.05, 3.63) is 83.2 Å². The molecule has 2 atom stereocenters. The molecule has 5 nitrogen and oxygen atoms in total. The van der Waals surface area contributed by atoms with Crippen LogP contribution in [0.5, 0.6) is 0 Å². The monoisotopic (exact) mass is 524 g/mol. The first kappa shape index (κ1) is 27.4. The van der Waals surface area contributed by atoms with E-state index in [2.05, 4.69) is 10.3 Å². The molecule has 1 fully saturated rings. The van der Waals surface area contributed by atoms with E-state index in [4.69, 9.17) is 0 Å². The Hall–Kier alpha value is -3.68. The summed E-state index contributed by atoms with van der Waals surface area (Å²) in [5.74, 6) is -1.81. The molecular formula is C30H31F3N2O3. The van der Waals surface area contributed by atoms with Crippen LogP contribution in [0.4, 0.5) is 18.9 Å². The number of carbonyl (C=O) groups excluding carboxylic acids is 1. The standard InChI is InChI=1S/C30H31F3N2O3/c1-18(29(37)38)14-23-8-5-9-26(19(23)2)35-28(36)27(21-6-3-4-7-21)22-12-10-20(11-13-22)24-15-25(17-34-16-24)30(31,32)33/h5,8-13,15-18,21,27H,3-4,6-7,14H2,1-2H3,(H,35,36)(H,37,38)/t18-,27-/m0/s1. The van der Waals surface area contributed by atoms with Crippen molar-refractivity contribution in [2.75, 3.05) is 5.32 Å². The molecule has 38 heavy (non-hydrogen) atoms. The van der Waals surface area contributed by atoms with Gasteiger partial charge in [-0.2, -0.15) is 13.2 Å². The third-order valence-electron chi connectivity index (χ3n) is 7.47. The Labute approximate surface area is 220 Å². The highest BCUT2D eigenvalue weighted by Crippen LogP contribution is 2.39. The van der Waals surface area contributed by atoms with Gasteiger partial charge in [0.1, 0.15) is 0 Å². The van der Waals surface area contributed by atoms with Crippen LogP contribution < -0.4 is 5.32 Å². The summed E-state index contributed by atoms with van der Waals surface area (Å²) in [5.41, 5.74) is 3.31.